The third kappa shape index (κ3) is 4.94. The van der Waals surface area contributed by atoms with Gasteiger partial charge in [0.1, 0.15) is 6.61 Å². The van der Waals surface area contributed by atoms with Crippen molar-refractivity contribution in [3.05, 3.63) is 58.7 Å². The highest BCUT2D eigenvalue weighted by atomic mass is 16.5. The summed E-state index contributed by atoms with van der Waals surface area (Å²) in [4.78, 5) is 14.7. The van der Waals surface area contributed by atoms with Crippen molar-refractivity contribution in [3.63, 3.8) is 0 Å². The topological polar surface area (TPSA) is 60.0 Å². The number of aryl methyl sites for hydroxylation is 1. The molecule has 6 nitrogen and oxygen atoms in total. The zero-order valence-electron chi connectivity index (χ0n) is 18.5. The number of hydrogen-bond acceptors (Lipinski definition) is 5. The number of methoxy groups -OCH3 is 3. The highest BCUT2D eigenvalue weighted by Crippen LogP contribution is 2.40. The second-order valence-electron chi connectivity index (χ2n) is 7.85. The SMILES string of the molecule is COCC(=O)N[C@@H](C)[C@H]1c2cc(OC)c(OC)cc2CCN1Cc1ccc(C)cc1. The summed E-state index contributed by atoms with van der Waals surface area (Å²) in [5.74, 6) is 1.32. The number of rotatable bonds is 8. The Morgan fingerprint density at radius 2 is 1.80 bits per heavy atom. The number of nitrogens with one attached hydrogen (secondary N) is 1. The standard InChI is InChI=1S/C24H32N2O4/c1-16-6-8-18(9-7-16)14-26-11-10-19-12-21(29-4)22(30-5)13-20(19)24(26)17(2)25-23(27)15-28-3/h6-9,12-13,17,24H,10-11,14-15H2,1-5H3,(H,25,27)/t17-,24-/m0/s1. The van der Waals surface area contributed by atoms with Gasteiger partial charge in [0.2, 0.25) is 5.91 Å². The predicted octanol–water partition coefficient (Wildman–Crippen LogP) is 3.26. The maximum absolute atomic E-state index is 12.2. The van der Waals surface area contributed by atoms with E-state index in [4.69, 9.17) is 14.2 Å². The molecule has 0 aliphatic carbocycles. The molecule has 1 amide bonds. The van der Waals surface area contributed by atoms with E-state index in [-0.39, 0.29) is 24.6 Å². The summed E-state index contributed by atoms with van der Waals surface area (Å²) in [5, 5.41) is 3.10. The van der Waals surface area contributed by atoms with E-state index in [9.17, 15) is 4.79 Å². The van der Waals surface area contributed by atoms with Gasteiger partial charge in [-0.25, -0.2) is 0 Å². The Morgan fingerprint density at radius 1 is 1.13 bits per heavy atom. The first-order chi connectivity index (χ1) is 14.5. The smallest absolute Gasteiger partial charge is 0.246 e. The number of hydrogen-bond donors (Lipinski definition) is 1. The second-order valence-corrected chi connectivity index (χ2v) is 7.85. The molecule has 0 unspecified atom stereocenters. The summed E-state index contributed by atoms with van der Waals surface area (Å²) in [6.45, 7) is 5.89. The first-order valence-corrected chi connectivity index (χ1v) is 10.3. The van der Waals surface area contributed by atoms with Crippen molar-refractivity contribution in [1.29, 1.82) is 0 Å². The zero-order valence-corrected chi connectivity index (χ0v) is 18.5. The first-order valence-electron chi connectivity index (χ1n) is 10.3. The minimum atomic E-state index is -0.118. The number of carbonyl (C=O) groups is 1. The van der Waals surface area contributed by atoms with Crippen LogP contribution in [0, 0.1) is 6.92 Å². The molecule has 0 saturated carbocycles. The van der Waals surface area contributed by atoms with E-state index in [1.54, 1.807) is 14.2 Å². The number of ether oxygens (including phenoxy) is 3. The van der Waals surface area contributed by atoms with Crippen LogP contribution in [-0.2, 0) is 22.5 Å². The van der Waals surface area contributed by atoms with Crippen molar-refractivity contribution in [2.24, 2.45) is 0 Å². The lowest BCUT2D eigenvalue weighted by molar-refractivity contribution is -0.125. The Hall–Kier alpha value is -2.57. The van der Waals surface area contributed by atoms with Gasteiger partial charge in [0.15, 0.2) is 11.5 Å². The lowest BCUT2D eigenvalue weighted by atomic mass is 9.87. The van der Waals surface area contributed by atoms with Gasteiger partial charge in [-0.15, -0.1) is 0 Å². The van der Waals surface area contributed by atoms with Crippen LogP contribution in [0.1, 0.15) is 35.2 Å². The fourth-order valence-electron chi connectivity index (χ4n) is 4.23. The van der Waals surface area contributed by atoms with E-state index in [1.165, 1.54) is 23.8 Å². The lowest BCUT2D eigenvalue weighted by Gasteiger charge is -2.41. The van der Waals surface area contributed by atoms with Gasteiger partial charge in [0.05, 0.1) is 20.3 Å². The Bertz CT molecular complexity index is 866. The number of nitrogens with zero attached hydrogens (tertiary/aromatic N) is 1. The molecule has 0 bridgehead atoms. The monoisotopic (exact) mass is 412 g/mol. The molecule has 0 saturated heterocycles. The molecule has 2 aromatic rings. The molecule has 1 N–H and O–H groups in total. The van der Waals surface area contributed by atoms with Crippen LogP contribution in [0.25, 0.3) is 0 Å². The minimum absolute atomic E-state index is 0.00988. The Balaban J connectivity index is 1.96. The van der Waals surface area contributed by atoms with Crippen LogP contribution in [0.3, 0.4) is 0 Å². The van der Waals surface area contributed by atoms with Crippen LogP contribution >= 0.6 is 0 Å². The number of amides is 1. The molecule has 1 aliphatic rings. The molecule has 1 aliphatic heterocycles. The van der Waals surface area contributed by atoms with Gasteiger partial charge >= 0.3 is 0 Å². The van der Waals surface area contributed by atoms with E-state index in [0.29, 0.717) is 5.75 Å². The van der Waals surface area contributed by atoms with Crippen LogP contribution in [-0.4, -0.2) is 51.3 Å². The molecule has 2 aromatic carbocycles. The Labute approximate surface area is 179 Å². The second kappa shape index (κ2) is 9.96. The molecule has 0 radical (unpaired) electrons. The molecular weight excluding hydrogens is 380 g/mol. The molecule has 1 heterocycles. The molecule has 6 heteroatoms. The summed E-state index contributed by atoms with van der Waals surface area (Å²) in [7, 11) is 4.83. The molecule has 2 atom stereocenters. The predicted molar refractivity (Wildman–Crippen MR) is 117 cm³/mol. The molecule has 0 spiro atoms. The van der Waals surface area contributed by atoms with Crippen molar-refractivity contribution in [1.82, 2.24) is 10.2 Å². The molecular formula is C24H32N2O4. The summed E-state index contributed by atoms with van der Waals surface area (Å²) >= 11 is 0. The number of fused-ring (bicyclic) bond motifs is 1. The summed E-state index contributed by atoms with van der Waals surface area (Å²) < 4.78 is 16.1. The van der Waals surface area contributed by atoms with E-state index >= 15 is 0 Å². The largest absolute Gasteiger partial charge is 0.493 e. The van der Waals surface area contributed by atoms with Crippen LogP contribution in [0.5, 0.6) is 11.5 Å². The highest BCUT2D eigenvalue weighted by molar-refractivity contribution is 5.77. The summed E-state index contributed by atoms with van der Waals surface area (Å²) in [6, 6.07) is 12.6. The van der Waals surface area contributed by atoms with Crippen molar-refractivity contribution >= 4 is 5.91 Å². The van der Waals surface area contributed by atoms with Gasteiger partial charge in [-0.1, -0.05) is 29.8 Å². The number of carbonyl (C=O) groups excluding carboxylic acids is 1. The minimum Gasteiger partial charge on any atom is -0.493 e. The van der Waals surface area contributed by atoms with E-state index in [0.717, 1.165) is 30.8 Å². The normalized spacial score (nSPS) is 17.2. The van der Waals surface area contributed by atoms with Crippen LogP contribution in [0.15, 0.2) is 36.4 Å². The molecule has 30 heavy (non-hydrogen) atoms. The van der Waals surface area contributed by atoms with Crippen LogP contribution < -0.4 is 14.8 Å². The van der Waals surface area contributed by atoms with E-state index in [1.807, 2.05) is 6.92 Å². The van der Waals surface area contributed by atoms with Crippen molar-refractivity contribution in [2.45, 2.75) is 38.9 Å². The van der Waals surface area contributed by atoms with E-state index in [2.05, 4.69) is 53.5 Å². The molecule has 162 valence electrons. The van der Waals surface area contributed by atoms with Gasteiger partial charge in [-0.2, -0.15) is 0 Å². The fourth-order valence-corrected chi connectivity index (χ4v) is 4.23. The molecule has 3 rings (SSSR count). The molecule has 0 aromatic heterocycles. The summed E-state index contributed by atoms with van der Waals surface area (Å²) in [6.07, 6.45) is 0.913. The zero-order chi connectivity index (χ0) is 21.7. The Morgan fingerprint density at radius 3 is 2.43 bits per heavy atom. The van der Waals surface area contributed by atoms with E-state index < -0.39 is 0 Å². The van der Waals surface area contributed by atoms with Crippen LogP contribution in [0.4, 0.5) is 0 Å². The van der Waals surface area contributed by atoms with Gasteiger partial charge in [0, 0.05) is 26.2 Å². The molecule has 0 fully saturated rings. The van der Waals surface area contributed by atoms with Gasteiger partial charge in [-0.05, 0) is 49.1 Å². The third-order valence-corrected chi connectivity index (χ3v) is 5.67. The maximum atomic E-state index is 12.2. The maximum Gasteiger partial charge on any atom is 0.246 e. The average molecular weight is 413 g/mol. The van der Waals surface area contributed by atoms with Gasteiger partial charge in [-0.3, -0.25) is 9.69 Å². The fraction of sp³-hybridized carbons (Fsp3) is 0.458. The average Bonchev–Trinajstić information content (AvgIpc) is 2.74. The summed E-state index contributed by atoms with van der Waals surface area (Å²) in [5.41, 5.74) is 4.89. The first kappa shape index (κ1) is 22.1. The quantitative estimate of drug-likeness (QED) is 0.721. The number of benzene rings is 2. The van der Waals surface area contributed by atoms with Crippen molar-refractivity contribution in [2.75, 3.05) is 34.5 Å². The Kier molecular flexibility index (Phi) is 7.34. The third-order valence-electron chi connectivity index (χ3n) is 5.67. The van der Waals surface area contributed by atoms with Crippen molar-refractivity contribution < 1.29 is 19.0 Å². The van der Waals surface area contributed by atoms with Crippen LogP contribution in [0.2, 0.25) is 0 Å². The van der Waals surface area contributed by atoms with Gasteiger partial charge < -0.3 is 19.5 Å². The highest BCUT2D eigenvalue weighted by Gasteiger charge is 2.33. The lowest BCUT2D eigenvalue weighted by Crippen LogP contribution is -2.48. The van der Waals surface area contributed by atoms with Gasteiger partial charge in [0.25, 0.3) is 0 Å². The van der Waals surface area contributed by atoms with Crippen molar-refractivity contribution in [3.8, 4) is 11.5 Å².